The van der Waals surface area contributed by atoms with Crippen molar-refractivity contribution in [3.05, 3.63) is 89.0 Å². The Bertz CT molecular complexity index is 1030. The fourth-order valence-electron chi connectivity index (χ4n) is 3.93. The lowest BCUT2D eigenvalue weighted by Gasteiger charge is -2.33. The van der Waals surface area contributed by atoms with Crippen LogP contribution in [-0.4, -0.2) is 15.6 Å². The van der Waals surface area contributed by atoms with Crippen molar-refractivity contribution in [2.45, 2.75) is 33.1 Å². The van der Waals surface area contributed by atoms with Crippen LogP contribution in [0.5, 0.6) is 0 Å². The van der Waals surface area contributed by atoms with Gasteiger partial charge in [-0.1, -0.05) is 42.8 Å². The number of ketones is 1. The number of fused-ring (bicyclic) bond motifs is 1. The van der Waals surface area contributed by atoms with Crippen LogP contribution in [0.4, 0.5) is 4.39 Å². The minimum absolute atomic E-state index is 0.213. The van der Waals surface area contributed by atoms with Crippen molar-refractivity contribution in [3.63, 3.8) is 0 Å². The van der Waals surface area contributed by atoms with Gasteiger partial charge in [0.05, 0.1) is 17.6 Å². The van der Waals surface area contributed by atoms with E-state index in [1.165, 1.54) is 17.7 Å². The van der Waals surface area contributed by atoms with Gasteiger partial charge in [-0.3, -0.25) is 4.79 Å². The lowest BCUT2D eigenvalue weighted by atomic mass is 9.70. The van der Waals surface area contributed by atoms with Crippen LogP contribution in [0.25, 0.3) is 11.8 Å². The van der Waals surface area contributed by atoms with Gasteiger partial charge in [-0.25, -0.2) is 9.07 Å². The highest BCUT2D eigenvalue weighted by Crippen LogP contribution is 2.41. The Morgan fingerprint density at radius 2 is 1.86 bits per heavy atom. The van der Waals surface area contributed by atoms with Crippen molar-refractivity contribution in [1.82, 2.24) is 9.78 Å². The highest BCUT2D eigenvalue weighted by Gasteiger charge is 2.34. The first-order valence-electron chi connectivity index (χ1n) is 9.52. The lowest BCUT2D eigenvalue weighted by Crippen LogP contribution is -2.28. The number of Topliss-reactive ketones (excluding diaryl/α,β-unsaturated/α-hetero) is 1. The SMILES string of the molecule is CC1=Cc2c(cnn2-c2ccc(F)cc2)CC1(C)CC(=O)Cc1ccccc1. The minimum atomic E-state index is -0.263. The molecule has 1 aliphatic carbocycles. The molecule has 0 N–H and O–H groups in total. The topological polar surface area (TPSA) is 34.9 Å². The summed E-state index contributed by atoms with van der Waals surface area (Å²) in [7, 11) is 0. The second-order valence-corrected chi connectivity index (χ2v) is 7.89. The molecule has 4 rings (SSSR count). The maximum absolute atomic E-state index is 13.2. The van der Waals surface area contributed by atoms with E-state index in [4.69, 9.17) is 0 Å². The molecule has 3 aromatic rings. The molecule has 1 unspecified atom stereocenters. The fraction of sp³-hybridized carbons (Fsp3) is 0.250. The molecule has 0 saturated carbocycles. The van der Waals surface area contributed by atoms with E-state index in [1.807, 2.05) is 41.2 Å². The zero-order chi connectivity index (χ0) is 19.7. The quantitative estimate of drug-likeness (QED) is 0.617. The molecule has 2 aromatic carbocycles. The lowest BCUT2D eigenvalue weighted by molar-refractivity contribution is -0.120. The molecule has 0 aliphatic heterocycles. The highest BCUT2D eigenvalue weighted by molar-refractivity contribution is 5.82. The molecular weight excluding hydrogens is 351 g/mol. The van der Waals surface area contributed by atoms with Crippen LogP contribution in [0.2, 0.25) is 0 Å². The summed E-state index contributed by atoms with van der Waals surface area (Å²) in [6, 6.07) is 16.2. The third-order valence-corrected chi connectivity index (χ3v) is 5.67. The number of benzene rings is 2. The van der Waals surface area contributed by atoms with Gasteiger partial charge in [-0.15, -0.1) is 0 Å². The number of hydrogen-bond acceptors (Lipinski definition) is 2. The maximum Gasteiger partial charge on any atom is 0.138 e. The molecule has 4 heteroatoms. The van der Waals surface area contributed by atoms with E-state index in [2.05, 4.69) is 25.0 Å². The van der Waals surface area contributed by atoms with Crippen LogP contribution in [0.1, 0.15) is 37.1 Å². The zero-order valence-corrected chi connectivity index (χ0v) is 16.2. The minimum Gasteiger partial charge on any atom is -0.299 e. The van der Waals surface area contributed by atoms with Gasteiger partial charge in [-0.05, 0) is 60.2 Å². The fourth-order valence-corrected chi connectivity index (χ4v) is 3.93. The monoisotopic (exact) mass is 374 g/mol. The van der Waals surface area contributed by atoms with Crippen LogP contribution in [-0.2, 0) is 17.6 Å². The van der Waals surface area contributed by atoms with E-state index >= 15 is 0 Å². The van der Waals surface area contributed by atoms with E-state index < -0.39 is 0 Å². The Kier molecular flexibility index (Phi) is 4.71. The molecule has 1 aliphatic rings. The van der Waals surface area contributed by atoms with Gasteiger partial charge in [0.25, 0.3) is 0 Å². The largest absolute Gasteiger partial charge is 0.299 e. The van der Waals surface area contributed by atoms with Gasteiger partial charge in [0, 0.05) is 12.8 Å². The number of hydrogen-bond donors (Lipinski definition) is 0. The molecule has 0 amide bonds. The number of carbonyl (C=O) groups is 1. The molecule has 0 fully saturated rings. The van der Waals surface area contributed by atoms with Crippen molar-refractivity contribution < 1.29 is 9.18 Å². The van der Waals surface area contributed by atoms with E-state index in [-0.39, 0.29) is 17.0 Å². The van der Waals surface area contributed by atoms with Gasteiger partial charge >= 0.3 is 0 Å². The molecular formula is C24H23FN2O. The summed E-state index contributed by atoms with van der Waals surface area (Å²) in [5.74, 6) is -0.0168. The Morgan fingerprint density at radius 3 is 2.57 bits per heavy atom. The Hall–Kier alpha value is -3.01. The normalized spacial score (nSPS) is 18.5. The zero-order valence-electron chi connectivity index (χ0n) is 16.2. The number of allylic oxidation sites excluding steroid dienone is 1. The van der Waals surface area contributed by atoms with Crippen molar-refractivity contribution in [1.29, 1.82) is 0 Å². The van der Waals surface area contributed by atoms with Crippen LogP contribution < -0.4 is 0 Å². The molecule has 0 radical (unpaired) electrons. The molecule has 0 spiro atoms. The smallest absolute Gasteiger partial charge is 0.138 e. The first-order chi connectivity index (χ1) is 13.4. The Balaban J connectivity index is 1.56. The summed E-state index contributed by atoms with van der Waals surface area (Å²) in [5, 5.41) is 4.51. The summed E-state index contributed by atoms with van der Waals surface area (Å²) < 4.78 is 15.1. The summed E-state index contributed by atoms with van der Waals surface area (Å²) in [6.45, 7) is 4.24. The first-order valence-corrected chi connectivity index (χ1v) is 9.52. The Labute approximate surface area is 164 Å². The van der Waals surface area contributed by atoms with Gasteiger partial charge in [0.15, 0.2) is 0 Å². The second-order valence-electron chi connectivity index (χ2n) is 7.89. The summed E-state index contributed by atoms with van der Waals surface area (Å²) in [5.41, 5.74) is 4.97. The van der Waals surface area contributed by atoms with Gasteiger partial charge in [0.1, 0.15) is 11.6 Å². The molecule has 1 heterocycles. The van der Waals surface area contributed by atoms with E-state index in [0.717, 1.165) is 28.9 Å². The number of aromatic nitrogens is 2. The summed E-state index contributed by atoms with van der Waals surface area (Å²) in [4.78, 5) is 12.7. The van der Waals surface area contributed by atoms with Crippen LogP contribution >= 0.6 is 0 Å². The summed E-state index contributed by atoms with van der Waals surface area (Å²) in [6.07, 6.45) is 5.72. The molecule has 28 heavy (non-hydrogen) atoms. The van der Waals surface area contributed by atoms with E-state index in [1.54, 1.807) is 12.1 Å². The van der Waals surface area contributed by atoms with Crippen molar-refractivity contribution >= 4 is 11.9 Å². The molecule has 1 aromatic heterocycles. The average molecular weight is 374 g/mol. The third kappa shape index (κ3) is 3.55. The second kappa shape index (κ2) is 7.19. The molecule has 3 nitrogen and oxygen atoms in total. The van der Waals surface area contributed by atoms with Crippen molar-refractivity contribution in [3.8, 4) is 5.69 Å². The van der Waals surface area contributed by atoms with Crippen molar-refractivity contribution in [2.75, 3.05) is 0 Å². The first kappa shape index (κ1) is 18.4. The number of rotatable bonds is 5. The average Bonchev–Trinajstić information content (AvgIpc) is 3.05. The number of halogens is 1. The standard InChI is InChI=1S/C24H23FN2O/c1-17-12-23-19(16-26-27(23)21-10-8-20(25)9-11-21)14-24(17,2)15-22(28)13-18-6-4-3-5-7-18/h3-12,16H,13-15H2,1-2H3. The molecule has 142 valence electrons. The van der Waals surface area contributed by atoms with Crippen LogP contribution in [0.3, 0.4) is 0 Å². The maximum atomic E-state index is 13.2. The van der Waals surface area contributed by atoms with Gasteiger partial charge < -0.3 is 0 Å². The number of carbonyl (C=O) groups excluding carboxylic acids is 1. The molecule has 0 saturated heterocycles. The van der Waals surface area contributed by atoms with Gasteiger partial charge in [0.2, 0.25) is 0 Å². The van der Waals surface area contributed by atoms with Crippen LogP contribution in [0, 0.1) is 11.2 Å². The van der Waals surface area contributed by atoms with Crippen LogP contribution in [0.15, 0.2) is 66.4 Å². The van der Waals surface area contributed by atoms with E-state index in [9.17, 15) is 9.18 Å². The number of nitrogens with zero attached hydrogens (tertiary/aromatic N) is 2. The Morgan fingerprint density at radius 1 is 1.14 bits per heavy atom. The highest BCUT2D eigenvalue weighted by atomic mass is 19.1. The predicted octanol–water partition coefficient (Wildman–Crippen LogP) is 5.18. The molecule has 1 atom stereocenters. The predicted molar refractivity (Wildman–Crippen MR) is 109 cm³/mol. The van der Waals surface area contributed by atoms with Crippen molar-refractivity contribution in [2.24, 2.45) is 5.41 Å². The summed E-state index contributed by atoms with van der Waals surface area (Å²) >= 11 is 0. The molecule has 0 bridgehead atoms. The third-order valence-electron chi connectivity index (χ3n) is 5.67. The van der Waals surface area contributed by atoms with Gasteiger partial charge in [-0.2, -0.15) is 5.10 Å². The van der Waals surface area contributed by atoms with E-state index in [0.29, 0.717) is 12.8 Å².